The number of alkyl halides is 4. The normalized spacial score (nSPS) is 13.4. The minimum Gasteiger partial charge on any atom is -0.478 e. The van der Waals surface area contributed by atoms with E-state index in [2.05, 4.69) is 4.74 Å². The first kappa shape index (κ1) is 35.0. The van der Waals surface area contributed by atoms with Crippen LogP contribution in [0.5, 0.6) is 5.75 Å². The lowest BCUT2D eigenvalue weighted by atomic mass is 9.67. The van der Waals surface area contributed by atoms with Gasteiger partial charge >= 0.3 is 31.3 Å². The van der Waals surface area contributed by atoms with Crippen molar-refractivity contribution in [2.45, 2.75) is 30.0 Å². The third kappa shape index (κ3) is 7.57. The number of hydrogen-bond acceptors (Lipinski definition) is 5. The number of ether oxygens (including phenoxy) is 1. The topological polar surface area (TPSA) is 158 Å². The number of benzene rings is 4. The zero-order valence-electron chi connectivity index (χ0n) is 23.8. The van der Waals surface area contributed by atoms with Gasteiger partial charge in [0.1, 0.15) is 11.6 Å². The van der Waals surface area contributed by atoms with Crippen molar-refractivity contribution in [3.05, 3.63) is 136 Å². The molecule has 1 unspecified atom stereocenters. The van der Waals surface area contributed by atoms with Gasteiger partial charge in [0, 0.05) is 11.1 Å². The summed E-state index contributed by atoms with van der Waals surface area (Å²) in [4.78, 5) is 55.0. The molecule has 0 aliphatic heterocycles. The maximum absolute atomic E-state index is 14.4. The van der Waals surface area contributed by atoms with Gasteiger partial charge in [-0.25, -0.2) is 14.0 Å². The lowest BCUT2D eigenvalue weighted by Gasteiger charge is -2.34. The van der Waals surface area contributed by atoms with E-state index in [4.69, 9.17) is 14.9 Å². The lowest BCUT2D eigenvalue weighted by Crippen LogP contribution is -2.41. The lowest BCUT2D eigenvalue weighted by molar-refractivity contribution is -0.210. The molecular formula is C32H24F5O9P. The van der Waals surface area contributed by atoms with Gasteiger partial charge in [0.2, 0.25) is 0 Å². The molecule has 0 heterocycles. The fraction of sp³-hybridized carbons (Fsp3) is 0.156. The predicted molar refractivity (Wildman–Crippen MR) is 155 cm³/mol. The standard InChI is InChI=1S/C32H24F5O9P/c33-25-13-7-21(8-14-25)27(38)30(23-11-5-22(6-12-23)28(39)40,17-19-1-9-24(10-2-19)32(36,37)47(43,44)45)18-20-3-15-26(16-4-20)46-31(34,35)29(41)42/h1-16H,17-18H2,(H,39,40)(H,41,42)(H2,43,44,45). The second-order valence-corrected chi connectivity index (χ2v) is 12.2. The van der Waals surface area contributed by atoms with Crippen LogP contribution in [0.2, 0.25) is 0 Å². The van der Waals surface area contributed by atoms with Crippen LogP contribution in [-0.2, 0) is 33.3 Å². The molecule has 0 saturated carbocycles. The molecule has 47 heavy (non-hydrogen) atoms. The Bertz CT molecular complexity index is 1820. The third-order valence-corrected chi connectivity index (χ3v) is 8.31. The Balaban J connectivity index is 1.87. The molecule has 0 saturated heterocycles. The molecule has 4 N–H and O–H groups in total. The fourth-order valence-electron chi connectivity index (χ4n) is 4.92. The first-order chi connectivity index (χ1) is 21.9. The zero-order chi connectivity index (χ0) is 34.8. The molecule has 4 aromatic carbocycles. The van der Waals surface area contributed by atoms with Crippen molar-refractivity contribution in [3.63, 3.8) is 0 Å². The molecule has 9 nitrogen and oxygen atoms in total. The molecule has 15 heteroatoms. The molecule has 0 radical (unpaired) electrons. The Morgan fingerprint density at radius 1 is 0.660 bits per heavy atom. The Morgan fingerprint density at radius 3 is 1.55 bits per heavy atom. The minimum atomic E-state index is -5.89. The Hall–Kier alpha value is -4.91. The van der Waals surface area contributed by atoms with Crippen LogP contribution in [0.1, 0.15) is 43.0 Å². The summed E-state index contributed by atoms with van der Waals surface area (Å²) in [7, 11) is -5.89. The van der Waals surface area contributed by atoms with E-state index in [0.717, 1.165) is 48.5 Å². The highest BCUT2D eigenvalue weighted by Gasteiger charge is 2.50. The van der Waals surface area contributed by atoms with Gasteiger partial charge in [-0.3, -0.25) is 9.36 Å². The molecule has 0 spiro atoms. The number of carboxylic acid groups (broad SMARTS) is 2. The van der Waals surface area contributed by atoms with Crippen LogP contribution in [0.15, 0.2) is 97.1 Å². The van der Waals surface area contributed by atoms with Crippen molar-refractivity contribution in [2.24, 2.45) is 0 Å². The quantitative estimate of drug-likeness (QED) is 0.0712. The second-order valence-electron chi connectivity index (χ2n) is 10.5. The molecule has 1 atom stereocenters. The van der Waals surface area contributed by atoms with Crippen LogP contribution in [-0.4, -0.2) is 43.8 Å². The Morgan fingerprint density at radius 2 is 1.11 bits per heavy atom. The highest BCUT2D eigenvalue weighted by molar-refractivity contribution is 7.52. The predicted octanol–water partition coefficient (Wildman–Crippen LogP) is 6.41. The molecule has 0 fully saturated rings. The van der Waals surface area contributed by atoms with Crippen molar-refractivity contribution in [1.82, 2.24) is 0 Å². The van der Waals surface area contributed by atoms with E-state index in [1.54, 1.807) is 0 Å². The molecule has 0 bridgehead atoms. The summed E-state index contributed by atoms with van der Waals surface area (Å²) in [5.41, 5.74) is -6.62. The van der Waals surface area contributed by atoms with E-state index in [1.807, 2.05) is 0 Å². The van der Waals surface area contributed by atoms with E-state index in [0.29, 0.717) is 5.56 Å². The highest BCUT2D eigenvalue weighted by Crippen LogP contribution is 2.59. The molecule has 0 aliphatic carbocycles. The third-order valence-electron chi connectivity index (χ3n) is 7.32. The largest absolute Gasteiger partial charge is 0.501 e. The van der Waals surface area contributed by atoms with Crippen LogP contribution < -0.4 is 4.74 Å². The van der Waals surface area contributed by atoms with Crippen molar-refractivity contribution >= 4 is 25.3 Å². The zero-order valence-corrected chi connectivity index (χ0v) is 24.7. The maximum Gasteiger partial charge on any atom is 0.501 e. The van der Waals surface area contributed by atoms with Crippen molar-refractivity contribution in [3.8, 4) is 5.75 Å². The number of ketones is 1. The fourth-order valence-corrected chi connectivity index (χ4v) is 5.41. The van der Waals surface area contributed by atoms with E-state index in [1.165, 1.54) is 48.5 Å². The summed E-state index contributed by atoms with van der Waals surface area (Å²) >= 11 is 0. The summed E-state index contributed by atoms with van der Waals surface area (Å²) in [6.07, 6.45) is -5.07. The summed E-state index contributed by atoms with van der Waals surface area (Å²) in [6, 6.07) is 18.0. The van der Waals surface area contributed by atoms with Crippen molar-refractivity contribution in [1.29, 1.82) is 0 Å². The number of rotatable bonds is 13. The minimum absolute atomic E-state index is 0.000539. The Labute approximate surface area is 263 Å². The second kappa shape index (κ2) is 13.1. The molecule has 0 aliphatic rings. The summed E-state index contributed by atoms with van der Waals surface area (Å²) in [6.45, 7) is 0. The van der Waals surface area contributed by atoms with Crippen LogP contribution in [0.25, 0.3) is 0 Å². The molecule has 0 aromatic heterocycles. The van der Waals surface area contributed by atoms with Gasteiger partial charge in [-0.15, -0.1) is 0 Å². The first-order valence-corrected chi connectivity index (χ1v) is 15.0. The number of Topliss-reactive ketones (excluding diaryl/α,β-unsaturated/α-hetero) is 1. The van der Waals surface area contributed by atoms with Crippen molar-refractivity contribution < 1.29 is 65.6 Å². The van der Waals surface area contributed by atoms with Gasteiger partial charge in [0.05, 0.1) is 11.0 Å². The van der Waals surface area contributed by atoms with Crippen LogP contribution in [0.3, 0.4) is 0 Å². The monoisotopic (exact) mass is 678 g/mol. The summed E-state index contributed by atoms with van der Waals surface area (Å²) in [5, 5.41) is 18.1. The van der Waals surface area contributed by atoms with Gasteiger partial charge in [0.15, 0.2) is 5.78 Å². The number of halogens is 5. The summed E-state index contributed by atoms with van der Waals surface area (Å²) in [5.74, 6) is -5.62. The van der Waals surface area contributed by atoms with E-state index >= 15 is 0 Å². The molecule has 4 rings (SSSR count). The SMILES string of the molecule is O=C(O)c1ccc(C(Cc2ccc(OC(F)(F)C(=O)O)cc2)(Cc2ccc(C(F)(F)P(=O)(O)O)cc2)C(=O)c2ccc(F)cc2)cc1. The average molecular weight is 678 g/mol. The number of carbonyl (C=O) groups is 3. The Kier molecular flexibility index (Phi) is 9.72. The number of carbonyl (C=O) groups excluding carboxylic acids is 1. The van der Waals surface area contributed by atoms with E-state index in [9.17, 15) is 46.0 Å². The molecule has 0 amide bonds. The first-order valence-electron chi connectivity index (χ1n) is 13.4. The smallest absolute Gasteiger partial charge is 0.478 e. The van der Waals surface area contributed by atoms with E-state index in [-0.39, 0.29) is 35.1 Å². The van der Waals surface area contributed by atoms with Crippen LogP contribution in [0.4, 0.5) is 22.0 Å². The van der Waals surface area contributed by atoms with E-state index < -0.39 is 59.6 Å². The number of aliphatic carboxylic acids is 1. The van der Waals surface area contributed by atoms with Crippen molar-refractivity contribution in [2.75, 3.05) is 0 Å². The number of hydrogen-bond donors (Lipinski definition) is 4. The van der Waals surface area contributed by atoms with Gasteiger partial charge < -0.3 is 24.7 Å². The van der Waals surface area contributed by atoms with Crippen LogP contribution >= 0.6 is 7.60 Å². The van der Waals surface area contributed by atoms with Gasteiger partial charge in [0.25, 0.3) is 0 Å². The summed E-state index contributed by atoms with van der Waals surface area (Å²) < 4.78 is 85.4. The maximum atomic E-state index is 14.4. The van der Waals surface area contributed by atoms with Gasteiger partial charge in [-0.1, -0.05) is 48.5 Å². The average Bonchev–Trinajstić information content (AvgIpc) is 3.01. The highest BCUT2D eigenvalue weighted by atomic mass is 31.2. The molecular weight excluding hydrogens is 654 g/mol. The number of aromatic carboxylic acids is 1. The molecule has 246 valence electrons. The number of carboxylic acids is 2. The van der Waals surface area contributed by atoms with Crippen LogP contribution in [0, 0.1) is 5.82 Å². The van der Waals surface area contributed by atoms with Gasteiger partial charge in [-0.05, 0) is 78.1 Å². The van der Waals surface area contributed by atoms with Gasteiger partial charge in [-0.2, -0.15) is 17.6 Å². The molecule has 4 aromatic rings.